The molecule has 7 heteroatoms. The maximum atomic E-state index is 11.7. The van der Waals surface area contributed by atoms with Gasteiger partial charge >= 0.3 is 12.1 Å². The molecule has 4 nitrogen and oxygen atoms in total. The number of amides is 1. The van der Waals surface area contributed by atoms with Crippen molar-refractivity contribution in [1.29, 1.82) is 0 Å². The van der Waals surface area contributed by atoms with Crippen molar-refractivity contribution in [2.45, 2.75) is 38.4 Å². The van der Waals surface area contributed by atoms with E-state index in [0.717, 1.165) is 0 Å². The Morgan fingerprint density at radius 2 is 1.73 bits per heavy atom. The van der Waals surface area contributed by atoms with E-state index in [1.54, 1.807) is 0 Å². The van der Waals surface area contributed by atoms with E-state index in [-0.39, 0.29) is 0 Å². The van der Waals surface area contributed by atoms with Gasteiger partial charge in [0, 0.05) is 6.42 Å². The molecule has 0 spiro atoms. The van der Waals surface area contributed by atoms with Crippen LogP contribution in [0.2, 0.25) is 0 Å². The first kappa shape index (κ1) is 13.7. The average molecular weight is 227 g/mol. The number of aliphatic carboxylic acids is 1. The van der Waals surface area contributed by atoms with Gasteiger partial charge in [-0.2, -0.15) is 13.2 Å². The normalized spacial score (nSPS) is 12.3. The van der Waals surface area contributed by atoms with Crippen molar-refractivity contribution in [2.75, 3.05) is 0 Å². The zero-order valence-corrected chi connectivity index (χ0v) is 8.31. The van der Waals surface area contributed by atoms with Crippen LogP contribution >= 0.6 is 0 Å². The Morgan fingerprint density at radius 1 is 1.27 bits per heavy atom. The standard InChI is InChI=1S/C8H12F3NO3/c1-7(2,6(14)15)12-5(13)3-4-8(9,10)11/h3-4H2,1-2H3,(H,12,13)(H,14,15). The lowest BCUT2D eigenvalue weighted by molar-refractivity contribution is -0.149. The highest BCUT2D eigenvalue weighted by Gasteiger charge is 2.32. The monoisotopic (exact) mass is 227 g/mol. The largest absolute Gasteiger partial charge is 0.480 e. The van der Waals surface area contributed by atoms with E-state index in [1.165, 1.54) is 13.8 Å². The summed E-state index contributed by atoms with van der Waals surface area (Å²) in [5.74, 6) is -2.23. The number of hydrogen-bond acceptors (Lipinski definition) is 2. The van der Waals surface area contributed by atoms with Gasteiger partial charge in [-0.15, -0.1) is 0 Å². The maximum absolute atomic E-state index is 11.7. The third-order valence-electron chi connectivity index (χ3n) is 1.62. The molecule has 0 aromatic heterocycles. The van der Waals surface area contributed by atoms with E-state index in [9.17, 15) is 22.8 Å². The van der Waals surface area contributed by atoms with Gasteiger partial charge in [-0.25, -0.2) is 4.79 Å². The minimum absolute atomic E-state index is 0.764. The molecule has 0 heterocycles. The Labute approximate surface area is 84.5 Å². The number of carboxylic acids is 1. The molecule has 15 heavy (non-hydrogen) atoms. The molecule has 0 atom stereocenters. The van der Waals surface area contributed by atoms with Crippen LogP contribution in [0, 0.1) is 0 Å². The van der Waals surface area contributed by atoms with Crippen LogP contribution in [0.3, 0.4) is 0 Å². The summed E-state index contributed by atoms with van der Waals surface area (Å²) >= 11 is 0. The van der Waals surface area contributed by atoms with Gasteiger partial charge in [-0.1, -0.05) is 0 Å². The fourth-order valence-electron chi connectivity index (χ4n) is 0.720. The van der Waals surface area contributed by atoms with E-state index >= 15 is 0 Å². The second-order valence-corrected chi connectivity index (χ2v) is 3.59. The summed E-state index contributed by atoms with van der Waals surface area (Å²) < 4.78 is 35.1. The highest BCUT2D eigenvalue weighted by atomic mass is 19.4. The summed E-state index contributed by atoms with van der Waals surface area (Å²) in [7, 11) is 0. The zero-order valence-electron chi connectivity index (χ0n) is 8.31. The van der Waals surface area contributed by atoms with Crippen molar-refractivity contribution < 1.29 is 27.9 Å². The number of alkyl halides is 3. The third kappa shape index (κ3) is 5.92. The van der Waals surface area contributed by atoms with Crippen LogP contribution < -0.4 is 5.32 Å². The van der Waals surface area contributed by atoms with Crippen molar-refractivity contribution in [3.63, 3.8) is 0 Å². The molecule has 0 fully saturated rings. The first-order valence-electron chi connectivity index (χ1n) is 4.16. The highest BCUT2D eigenvalue weighted by molar-refractivity contribution is 5.86. The second-order valence-electron chi connectivity index (χ2n) is 3.59. The molecule has 0 aromatic rings. The third-order valence-corrected chi connectivity index (χ3v) is 1.62. The lowest BCUT2D eigenvalue weighted by atomic mass is 10.1. The Balaban J connectivity index is 4.11. The number of carboxylic acid groups (broad SMARTS) is 1. The summed E-state index contributed by atoms with van der Waals surface area (Å²) in [6.45, 7) is 2.39. The van der Waals surface area contributed by atoms with Crippen molar-refractivity contribution in [3.8, 4) is 0 Å². The van der Waals surface area contributed by atoms with Crippen LogP contribution in [0.25, 0.3) is 0 Å². The highest BCUT2D eigenvalue weighted by Crippen LogP contribution is 2.21. The van der Waals surface area contributed by atoms with E-state index in [4.69, 9.17) is 5.11 Å². The molecule has 1 amide bonds. The predicted octanol–water partition coefficient (Wildman–Crippen LogP) is 1.31. The number of halogens is 3. The number of carbonyl (C=O) groups excluding carboxylic acids is 1. The zero-order chi connectivity index (χ0) is 12.3. The summed E-state index contributed by atoms with van der Waals surface area (Å²) in [6.07, 6.45) is -6.43. The van der Waals surface area contributed by atoms with Gasteiger partial charge in [0.2, 0.25) is 5.91 Å². The molecular weight excluding hydrogens is 215 g/mol. The van der Waals surface area contributed by atoms with Crippen LogP contribution in [0.15, 0.2) is 0 Å². The number of rotatable bonds is 4. The molecular formula is C8H12F3NO3. The molecule has 0 unspecified atom stereocenters. The van der Waals surface area contributed by atoms with Gasteiger partial charge in [0.1, 0.15) is 5.54 Å². The van der Waals surface area contributed by atoms with Crippen LogP contribution in [0.5, 0.6) is 0 Å². The SMILES string of the molecule is CC(C)(NC(=O)CCC(F)(F)F)C(=O)O. The van der Waals surface area contributed by atoms with Gasteiger partial charge in [0.25, 0.3) is 0 Å². The summed E-state index contributed by atoms with van der Waals surface area (Å²) in [5, 5.41) is 10.6. The first-order valence-corrected chi connectivity index (χ1v) is 4.16. The van der Waals surface area contributed by atoms with Gasteiger partial charge < -0.3 is 10.4 Å². The summed E-state index contributed by atoms with van der Waals surface area (Å²) in [4.78, 5) is 21.5. The van der Waals surface area contributed by atoms with E-state index in [1.807, 2.05) is 5.32 Å². The molecule has 0 radical (unpaired) electrons. The lowest BCUT2D eigenvalue weighted by Crippen LogP contribution is -2.49. The van der Waals surface area contributed by atoms with Crippen molar-refractivity contribution in [2.24, 2.45) is 0 Å². The van der Waals surface area contributed by atoms with Crippen LogP contribution in [0.1, 0.15) is 26.7 Å². The van der Waals surface area contributed by atoms with E-state index < -0.39 is 36.4 Å². The fraction of sp³-hybridized carbons (Fsp3) is 0.750. The number of nitrogens with one attached hydrogen (secondary N) is 1. The topological polar surface area (TPSA) is 66.4 Å². The minimum atomic E-state index is -4.41. The van der Waals surface area contributed by atoms with Crippen LogP contribution in [-0.4, -0.2) is 28.7 Å². The molecule has 0 aliphatic rings. The molecule has 0 saturated carbocycles. The Hall–Kier alpha value is -1.27. The van der Waals surface area contributed by atoms with Gasteiger partial charge in [-0.3, -0.25) is 4.79 Å². The van der Waals surface area contributed by atoms with Gasteiger partial charge in [0.05, 0.1) is 6.42 Å². The molecule has 0 saturated heterocycles. The van der Waals surface area contributed by atoms with Gasteiger partial charge in [-0.05, 0) is 13.8 Å². The second kappa shape index (κ2) is 4.50. The maximum Gasteiger partial charge on any atom is 0.389 e. The quantitative estimate of drug-likeness (QED) is 0.760. The number of carbonyl (C=O) groups is 2. The number of hydrogen-bond donors (Lipinski definition) is 2. The van der Waals surface area contributed by atoms with Crippen molar-refractivity contribution in [1.82, 2.24) is 5.32 Å². The Morgan fingerprint density at radius 3 is 2.07 bits per heavy atom. The lowest BCUT2D eigenvalue weighted by Gasteiger charge is -2.21. The summed E-state index contributed by atoms with van der Waals surface area (Å²) in [6, 6.07) is 0. The average Bonchev–Trinajstić information content (AvgIpc) is 1.98. The van der Waals surface area contributed by atoms with Crippen LogP contribution in [0.4, 0.5) is 13.2 Å². The van der Waals surface area contributed by atoms with E-state index in [0.29, 0.717) is 0 Å². The molecule has 0 aromatic carbocycles. The summed E-state index contributed by atoms with van der Waals surface area (Å²) in [5.41, 5.74) is -1.55. The minimum Gasteiger partial charge on any atom is -0.480 e. The van der Waals surface area contributed by atoms with Gasteiger partial charge in [0.15, 0.2) is 0 Å². The smallest absolute Gasteiger partial charge is 0.389 e. The molecule has 88 valence electrons. The van der Waals surface area contributed by atoms with Crippen LogP contribution in [-0.2, 0) is 9.59 Å². The fourth-order valence-corrected chi connectivity index (χ4v) is 0.720. The van der Waals surface area contributed by atoms with Crippen molar-refractivity contribution >= 4 is 11.9 Å². The van der Waals surface area contributed by atoms with Crippen molar-refractivity contribution in [3.05, 3.63) is 0 Å². The molecule has 0 aliphatic heterocycles. The Kier molecular flexibility index (Phi) is 4.12. The first-order chi connectivity index (χ1) is 6.54. The molecule has 0 bridgehead atoms. The molecule has 0 aliphatic carbocycles. The van der Waals surface area contributed by atoms with E-state index in [2.05, 4.69) is 0 Å². The Bertz CT molecular complexity index is 260. The molecule has 0 rings (SSSR count). The molecule has 2 N–H and O–H groups in total. The predicted molar refractivity (Wildman–Crippen MR) is 45.1 cm³/mol.